The van der Waals surface area contributed by atoms with Gasteiger partial charge in [-0.3, -0.25) is 0 Å². The Hall–Kier alpha value is -0.770. The molecule has 0 aliphatic heterocycles. The van der Waals surface area contributed by atoms with Crippen molar-refractivity contribution in [2.45, 2.75) is 26.2 Å². The van der Waals surface area contributed by atoms with Gasteiger partial charge >= 0.3 is 0 Å². The van der Waals surface area contributed by atoms with Crippen molar-refractivity contribution in [1.82, 2.24) is 9.97 Å². The summed E-state index contributed by atoms with van der Waals surface area (Å²) in [5, 5.41) is 0. The Bertz CT molecular complexity index is 312. The minimum atomic E-state index is 0.290. The SMILES string of the molecule is CC(C)c1ncc(Br)c(CC=O)n1. The Labute approximate surface area is 85.7 Å². The highest BCUT2D eigenvalue weighted by Gasteiger charge is 2.06. The van der Waals surface area contributed by atoms with Crippen molar-refractivity contribution in [2.24, 2.45) is 0 Å². The minimum Gasteiger partial charge on any atom is -0.303 e. The first-order valence-electron chi connectivity index (χ1n) is 4.10. The van der Waals surface area contributed by atoms with Gasteiger partial charge in [-0.25, -0.2) is 9.97 Å². The molecule has 1 aromatic rings. The molecule has 0 aromatic carbocycles. The van der Waals surface area contributed by atoms with E-state index in [1.54, 1.807) is 6.20 Å². The van der Waals surface area contributed by atoms with E-state index in [1.807, 2.05) is 13.8 Å². The summed E-state index contributed by atoms with van der Waals surface area (Å²) in [4.78, 5) is 18.7. The molecule has 1 heterocycles. The predicted octanol–water partition coefficient (Wildman–Crippen LogP) is 2.10. The monoisotopic (exact) mass is 242 g/mol. The van der Waals surface area contributed by atoms with Crippen LogP contribution in [0.2, 0.25) is 0 Å². The Balaban J connectivity index is 3.03. The van der Waals surface area contributed by atoms with Crippen LogP contribution in [0.4, 0.5) is 0 Å². The van der Waals surface area contributed by atoms with E-state index in [1.165, 1.54) is 0 Å². The average Bonchev–Trinajstić information content (AvgIpc) is 2.08. The Kier molecular flexibility index (Phi) is 3.54. The topological polar surface area (TPSA) is 42.9 Å². The third kappa shape index (κ3) is 2.59. The molecule has 0 aliphatic rings. The van der Waals surface area contributed by atoms with Crippen LogP contribution in [0.25, 0.3) is 0 Å². The molecule has 1 aromatic heterocycles. The molecule has 0 amide bonds. The summed E-state index contributed by atoms with van der Waals surface area (Å²) in [7, 11) is 0. The number of carbonyl (C=O) groups excluding carboxylic acids is 1. The standard InChI is InChI=1S/C9H11BrN2O/c1-6(2)9-11-5-7(10)8(12-9)3-4-13/h4-6H,3H2,1-2H3. The van der Waals surface area contributed by atoms with Crippen molar-refractivity contribution >= 4 is 22.2 Å². The fourth-order valence-electron chi connectivity index (χ4n) is 0.918. The number of hydrogen-bond acceptors (Lipinski definition) is 3. The molecule has 3 nitrogen and oxygen atoms in total. The van der Waals surface area contributed by atoms with E-state index >= 15 is 0 Å². The summed E-state index contributed by atoms with van der Waals surface area (Å²) >= 11 is 3.30. The first kappa shape index (κ1) is 10.3. The number of nitrogens with zero attached hydrogens (tertiary/aromatic N) is 2. The highest BCUT2D eigenvalue weighted by atomic mass is 79.9. The summed E-state index contributed by atoms with van der Waals surface area (Å²) in [6, 6.07) is 0. The molecule has 0 spiro atoms. The second-order valence-electron chi connectivity index (χ2n) is 3.05. The first-order valence-corrected chi connectivity index (χ1v) is 4.89. The normalized spacial score (nSPS) is 10.5. The van der Waals surface area contributed by atoms with Crippen molar-refractivity contribution in [3.8, 4) is 0 Å². The number of aldehydes is 1. The summed E-state index contributed by atoms with van der Waals surface area (Å²) in [5.41, 5.74) is 0.758. The molecule has 0 saturated carbocycles. The van der Waals surface area contributed by atoms with Crippen LogP contribution in [0.3, 0.4) is 0 Å². The van der Waals surface area contributed by atoms with Gasteiger partial charge in [0.15, 0.2) is 0 Å². The lowest BCUT2D eigenvalue weighted by atomic mass is 10.2. The fraction of sp³-hybridized carbons (Fsp3) is 0.444. The lowest BCUT2D eigenvalue weighted by Crippen LogP contribution is -2.02. The molecule has 0 saturated heterocycles. The highest BCUT2D eigenvalue weighted by Crippen LogP contribution is 2.16. The van der Waals surface area contributed by atoms with E-state index in [-0.39, 0.29) is 0 Å². The Morgan fingerprint density at radius 1 is 1.62 bits per heavy atom. The largest absolute Gasteiger partial charge is 0.303 e. The lowest BCUT2D eigenvalue weighted by Gasteiger charge is -2.05. The van der Waals surface area contributed by atoms with Crippen molar-refractivity contribution < 1.29 is 4.79 Å². The third-order valence-electron chi connectivity index (χ3n) is 1.63. The number of halogens is 1. The van der Waals surface area contributed by atoms with Gasteiger partial charge < -0.3 is 4.79 Å². The maximum atomic E-state index is 10.3. The van der Waals surface area contributed by atoms with Crippen LogP contribution >= 0.6 is 15.9 Å². The smallest absolute Gasteiger partial charge is 0.131 e. The zero-order valence-electron chi connectivity index (χ0n) is 7.62. The zero-order chi connectivity index (χ0) is 9.84. The van der Waals surface area contributed by atoms with Crippen molar-refractivity contribution in [1.29, 1.82) is 0 Å². The summed E-state index contributed by atoms with van der Waals surface area (Å²) < 4.78 is 0.795. The van der Waals surface area contributed by atoms with Crippen LogP contribution in [0.1, 0.15) is 31.3 Å². The van der Waals surface area contributed by atoms with Gasteiger partial charge in [0.1, 0.15) is 12.1 Å². The highest BCUT2D eigenvalue weighted by molar-refractivity contribution is 9.10. The van der Waals surface area contributed by atoms with E-state index < -0.39 is 0 Å². The molecule has 0 fully saturated rings. The summed E-state index contributed by atoms with van der Waals surface area (Å²) in [6.45, 7) is 4.04. The van der Waals surface area contributed by atoms with Gasteiger partial charge in [0.2, 0.25) is 0 Å². The van der Waals surface area contributed by atoms with Crippen LogP contribution < -0.4 is 0 Å². The van der Waals surface area contributed by atoms with E-state index in [4.69, 9.17) is 0 Å². The van der Waals surface area contributed by atoms with Crippen molar-refractivity contribution in [3.63, 3.8) is 0 Å². The van der Waals surface area contributed by atoms with E-state index in [9.17, 15) is 4.79 Å². The third-order valence-corrected chi connectivity index (χ3v) is 2.29. The van der Waals surface area contributed by atoms with E-state index in [2.05, 4.69) is 25.9 Å². The quantitative estimate of drug-likeness (QED) is 0.763. The molecule has 0 bridgehead atoms. The second-order valence-corrected chi connectivity index (χ2v) is 3.90. The minimum absolute atomic E-state index is 0.290. The van der Waals surface area contributed by atoms with Crippen LogP contribution in [0.15, 0.2) is 10.7 Å². The molecular formula is C9H11BrN2O. The molecule has 4 heteroatoms. The number of hydrogen-bond donors (Lipinski definition) is 0. The van der Waals surface area contributed by atoms with Crippen molar-refractivity contribution in [3.05, 3.63) is 22.2 Å². The fourth-order valence-corrected chi connectivity index (χ4v) is 1.27. The van der Waals surface area contributed by atoms with Gasteiger partial charge in [-0.2, -0.15) is 0 Å². The molecule has 13 heavy (non-hydrogen) atoms. The molecule has 0 radical (unpaired) electrons. The number of aromatic nitrogens is 2. The second kappa shape index (κ2) is 4.46. The molecular weight excluding hydrogens is 232 g/mol. The van der Waals surface area contributed by atoms with Gasteiger partial charge in [-0.15, -0.1) is 0 Å². The molecule has 70 valence electrons. The van der Waals surface area contributed by atoms with E-state index in [0.29, 0.717) is 12.3 Å². The van der Waals surface area contributed by atoms with Crippen LogP contribution in [-0.4, -0.2) is 16.3 Å². The van der Waals surface area contributed by atoms with Gasteiger partial charge in [-0.1, -0.05) is 13.8 Å². The molecule has 0 aliphatic carbocycles. The van der Waals surface area contributed by atoms with Gasteiger partial charge in [-0.05, 0) is 15.9 Å². The summed E-state index contributed by atoms with van der Waals surface area (Å²) in [6.07, 6.45) is 2.88. The van der Waals surface area contributed by atoms with Crippen LogP contribution in [-0.2, 0) is 11.2 Å². The molecule has 0 atom stereocenters. The van der Waals surface area contributed by atoms with E-state index in [0.717, 1.165) is 22.3 Å². The molecule has 1 rings (SSSR count). The zero-order valence-corrected chi connectivity index (χ0v) is 9.21. The van der Waals surface area contributed by atoms with Gasteiger partial charge in [0.25, 0.3) is 0 Å². The van der Waals surface area contributed by atoms with Crippen LogP contribution in [0.5, 0.6) is 0 Å². The van der Waals surface area contributed by atoms with Crippen molar-refractivity contribution in [2.75, 3.05) is 0 Å². The average molecular weight is 243 g/mol. The molecule has 0 unspecified atom stereocenters. The maximum Gasteiger partial charge on any atom is 0.131 e. The van der Waals surface area contributed by atoms with Gasteiger partial charge in [0, 0.05) is 18.5 Å². The summed E-state index contributed by atoms with van der Waals surface area (Å²) in [5.74, 6) is 1.07. The van der Waals surface area contributed by atoms with Gasteiger partial charge in [0.05, 0.1) is 10.2 Å². The maximum absolute atomic E-state index is 10.3. The Morgan fingerprint density at radius 3 is 2.85 bits per heavy atom. The predicted molar refractivity (Wildman–Crippen MR) is 53.6 cm³/mol. The molecule has 0 N–H and O–H groups in total. The number of carbonyl (C=O) groups is 1. The van der Waals surface area contributed by atoms with Crippen LogP contribution in [0, 0.1) is 0 Å². The first-order chi connectivity index (χ1) is 6.15. The Morgan fingerprint density at radius 2 is 2.31 bits per heavy atom. The lowest BCUT2D eigenvalue weighted by molar-refractivity contribution is -0.107. The number of rotatable bonds is 3.